The number of imidazole rings is 1. The number of hydrogen-bond acceptors (Lipinski definition) is 3. The Morgan fingerprint density at radius 1 is 1.31 bits per heavy atom. The number of esters is 1. The summed E-state index contributed by atoms with van der Waals surface area (Å²) in [7, 11) is 0. The van der Waals surface area contributed by atoms with Gasteiger partial charge in [-0.05, 0) is 55.3 Å². The van der Waals surface area contributed by atoms with Crippen LogP contribution < -0.4 is 0 Å². The van der Waals surface area contributed by atoms with Gasteiger partial charge in [0, 0.05) is 10.7 Å². The first-order valence-electron chi connectivity index (χ1n) is 9.89. The molecule has 1 unspecified atom stereocenters. The number of carbonyl (C=O) groups excluding carboxylic acids is 1. The number of carbonyl (C=O) groups is 1. The van der Waals surface area contributed by atoms with Gasteiger partial charge in [0.1, 0.15) is 10.4 Å². The van der Waals surface area contributed by atoms with Crippen LogP contribution in [0.3, 0.4) is 0 Å². The Bertz CT molecular complexity index is 855. The van der Waals surface area contributed by atoms with Gasteiger partial charge < -0.3 is 4.74 Å². The fourth-order valence-electron chi connectivity index (χ4n) is 2.59. The van der Waals surface area contributed by atoms with Gasteiger partial charge >= 0.3 is 5.97 Å². The van der Waals surface area contributed by atoms with E-state index in [-0.39, 0.29) is 18.2 Å². The van der Waals surface area contributed by atoms with Crippen LogP contribution in [0.25, 0.3) is 5.69 Å². The molecule has 0 aliphatic heterocycles. The SMILES string of the molecule is C/C=C\C/C=C(/Cl)C(C)c1nc(C(=O)OCC)c(Br)n1-c1ccc(C)cc1.CC. The molecule has 1 heterocycles. The zero-order chi connectivity index (χ0) is 22.0. The smallest absolute Gasteiger partial charge is 0.359 e. The lowest BCUT2D eigenvalue weighted by Crippen LogP contribution is -2.06. The maximum atomic E-state index is 12.3. The van der Waals surface area contributed by atoms with Gasteiger partial charge in [-0.15, -0.1) is 0 Å². The summed E-state index contributed by atoms with van der Waals surface area (Å²) in [5, 5.41) is 0.675. The lowest BCUT2D eigenvalue weighted by atomic mass is 10.1. The average Bonchev–Trinajstić information content (AvgIpc) is 3.07. The molecule has 0 bridgehead atoms. The second kappa shape index (κ2) is 12.7. The third-order valence-electron chi connectivity index (χ3n) is 4.09. The van der Waals surface area contributed by atoms with E-state index in [1.165, 1.54) is 0 Å². The van der Waals surface area contributed by atoms with Gasteiger partial charge in [-0.25, -0.2) is 9.78 Å². The fourth-order valence-corrected chi connectivity index (χ4v) is 3.42. The summed E-state index contributed by atoms with van der Waals surface area (Å²) >= 11 is 10.1. The van der Waals surface area contributed by atoms with Crippen molar-refractivity contribution in [3.63, 3.8) is 0 Å². The van der Waals surface area contributed by atoms with Gasteiger partial charge in [0.2, 0.25) is 0 Å². The molecule has 29 heavy (non-hydrogen) atoms. The minimum absolute atomic E-state index is 0.183. The van der Waals surface area contributed by atoms with Gasteiger partial charge in [0.15, 0.2) is 5.69 Å². The van der Waals surface area contributed by atoms with Gasteiger partial charge in [-0.3, -0.25) is 4.57 Å². The number of rotatable bonds is 7. The highest BCUT2D eigenvalue weighted by Gasteiger charge is 2.26. The van der Waals surface area contributed by atoms with Crippen LogP contribution in [-0.4, -0.2) is 22.1 Å². The fraction of sp³-hybridized carbons (Fsp3) is 0.391. The summed E-state index contributed by atoms with van der Waals surface area (Å²) in [6.07, 6.45) is 6.71. The quantitative estimate of drug-likeness (QED) is 0.307. The van der Waals surface area contributed by atoms with Crippen LogP contribution in [0.5, 0.6) is 0 Å². The molecule has 0 amide bonds. The topological polar surface area (TPSA) is 44.1 Å². The number of ether oxygens (including phenoxy) is 1. The summed E-state index contributed by atoms with van der Waals surface area (Å²) in [5.74, 6) is 0.0333. The lowest BCUT2D eigenvalue weighted by Gasteiger charge is -2.15. The van der Waals surface area contributed by atoms with Crippen molar-refractivity contribution in [1.29, 1.82) is 0 Å². The Morgan fingerprint density at radius 2 is 1.93 bits per heavy atom. The molecule has 0 aliphatic rings. The Kier molecular flexibility index (Phi) is 11.0. The molecule has 0 spiro atoms. The monoisotopic (exact) mass is 480 g/mol. The molecule has 2 rings (SSSR count). The normalized spacial score (nSPS) is 12.5. The van der Waals surface area contributed by atoms with E-state index in [1.807, 2.05) is 81.7 Å². The zero-order valence-electron chi connectivity index (χ0n) is 18.0. The summed E-state index contributed by atoms with van der Waals surface area (Å²) < 4.78 is 7.62. The number of benzene rings is 1. The summed E-state index contributed by atoms with van der Waals surface area (Å²) in [6, 6.07) is 8.02. The van der Waals surface area contributed by atoms with Crippen LogP contribution in [0.4, 0.5) is 0 Å². The molecule has 1 aromatic heterocycles. The predicted octanol–water partition coefficient (Wildman–Crippen LogP) is 7.34. The van der Waals surface area contributed by atoms with Gasteiger partial charge in [0.05, 0.1) is 12.5 Å². The molecule has 158 valence electrons. The molecule has 0 saturated carbocycles. The van der Waals surface area contributed by atoms with Crippen molar-refractivity contribution in [3.05, 3.63) is 69.2 Å². The molecular weight excluding hydrogens is 452 g/mol. The largest absolute Gasteiger partial charge is 0.461 e. The first kappa shape index (κ1) is 25.2. The lowest BCUT2D eigenvalue weighted by molar-refractivity contribution is 0.0518. The van der Waals surface area contributed by atoms with E-state index >= 15 is 0 Å². The minimum Gasteiger partial charge on any atom is -0.461 e. The Labute approximate surface area is 187 Å². The van der Waals surface area contributed by atoms with Crippen LogP contribution in [0, 0.1) is 6.92 Å². The maximum absolute atomic E-state index is 12.3. The number of nitrogens with zero attached hydrogens (tertiary/aromatic N) is 2. The van der Waals surface area contributed by atoms with Gasteiger partial charge in [-0.1, -0.05) is 68.3 Å². The highest BCUT2D eigenvalue weighted by molar-refractivity contribution is 9.10. The molecule has 0 radical (unpaired) electrons. The van der Waals surface area contributed by atoms with Crippen molar-refractivity contribution >= 4 is 33.5 Å². The van der Waals surface area contributed by atoms with Gasteiger partial charge in [0.25, 0.3) is 0 Å². The maximum Gasteiger partial charge on any atom is 0.359 e. The Hall–Kier alpha value is -1.85. The molecule has 0 aliphatic carbocycles. The molecule has 4 nitrogen and oxygen atoms in total. The highest BCUT2D eigenvalue weighted by Crippen LogP contribution is 2.33. The molecule has 0 saturated heterocycles. The van der Waals surface area contributed by atoms with Gasteiger partial charge in [-0.2, -0.15) is 0 Å². The van der Waals surface area contributed by atoms with E-state index in [4.69, 9.17) is 16.3 Å². The van der Waals surface area contributed by atoms with E-state index < -0.39 is 5.97 Å². The molecule has 6 heteroatoms. The number of allylic oxidation sites excluding steroid dienone is 4. The Morgan fingerprint density at radius 3 is 2.48 bits per heavy atom. The van der Waals surface area contributed by atoms with E-state index in [1.54, 1.807) is 6.92 Å². The first-order valence-corrected chi connectivity index (χ1v) is 11.1. The van der Waals surface area contributed by atoms with Crippen molar-refractivity contribution in [1.82, 2.24) is 9.55 Å². The number of hydrogen-bond donors (Lipinski definition) is 0. The van der Waals surface area contributed by atoms with Crippen LogP contribution >= 0.6 is 27.5 Å². The standard InChI is InChI=1S/C21H24BrClN2O2.C2H6/c1-5-7-8-9-17(23)15(4)20-24-18(21(26)27-6-2)19(22)25(20)16-12-10-14(3)11-13-16;1-2/h5,7,9-13,15H,6,8H2,1-4H3;1-2H3/b7-5-,17-9+;. The van der Waals surface area contributed by atoms with Crippen molar-refractivity contribution in [2.24, 2.45) is 0 Å². The summed E-state index contributed by atoms with van der Waals surface area (Å²) in [5.41, 5.74) is 2.30. The van der Waals surface area contributed by atoms with Crippen molar-refractivity contribution in [2.75, 3.05) is 6.61 Å². The molecular formula is C23H30BrClN2O2. The van der Waals surface area contributed by atoms with Crippen molar-refractivity contribution in [3.8, 4) is 5.69 Å². The highest BCUT2D eigenvalue weighted by atomic mass is 79.9. The Balaban J connectivity index is 0.00000204. The first-order chi connectivity index (χ1) is 13.9. The predicted molar refractivity (Wildman–Crippen MR) is 125 cm³/mol. The van der Waals surface area contributed by atoms with Crippen molar-refractivity contribution < 1.29 is 9.53 Å². The van der Waals surface area contributed by atoms with Crippen molar-refractivity contribution in [2.45, 2.75) is 53.9 Å². The number of aryl methyl sites for hydroxylation is 1. The molecule has 1 aromatic carbocycles. The van der Waals surface area contributed by atoms with Crippen LogP contribution in [0.1, 0.15) is 68.8 Å². The van der Waals surface area contributed by atoms with E-state index in [0.717, 1.165) is 17.7 Å². The molecule has 2 aromatic rings. The summed E-state index contributed by atoms with van der Waals surface area (Å²) in [6.45, 7) is 12.0. The average molecular weight is 482 g/mol. The zero-order valence-corrected chi connectivity index (χ0v) is 20.3. The second-order valence-electron chi connectivity index (χ2n) is 6.12. The number of halogens is 2. The second-order valence-corrected chi connectivity index (χ2v) is 7.30. The van der Waals surface area contributed by atoms with Crippen LogP contribution in [0.2, 0.25) is 0 Å². The van der Waals surface area contributed by atoms with Crippen LogP contribution in [0.15, 0.2) is 52.1 Å². The minimum atomic E-state index is -0.460. The van der Waals surface area contributed by atoms with E-state index in [0.29, 0.717) is 15.5 Å². The molecule has 0 N–H and O–H groups in total. The third kappa shape index (κ3) is 6.58. The third-order valence-corrected chi connectivity index (χ3v) is 5.31. The molecule has 1 atom stereocenters. The van der Waals surface area contributed by atoms with E-state index in [9.17, 15) is 4.79 Å². The summed E-state index contributed by atoms with van der Waals surface area (Å²) in [4.78, 5) is 16.9. The van der Waals surface area contributed by atoms with E-state index in [2.05, 4.69) is 20.9 Å². The molecule has 0 fully saturated rings. The van der Waals surface area contributed by atoms with Crippen LogP contribution in [-0.2, 0) is 4.74 Å². The number of aromatic nitrogens is 2.